The summed E-state index contributed by atoms with van der Waals surface area (Å²) in [5, 5.41) is 2.73. The smallest absolute Gasteiger partial charge is 0.445 e. The monoisotopic (exact) mass is 393 g/mol. The zero-order chi connectivity index (χ0) is 20.9. The molecular weight excluding hydrogens is 365 g/mol. The number of carbonyl (C=O) groups excluding carboxylic acids is 1. The largest absolute Gasteiger partial charge is 0.495 e. The average Bonchev–Trinajstić information content (AvgIpc) is 2.92. The van der Waals surface area contributed by atoms with Gasteiger partial charge in [0.25, 0.3) is 0 Å². The third-order valence-corrected chi connectivity index (χ3v) is 5.38. The Morgan fingerprint density at radius 2 is 1.62 bits per heavy atom. The lowest BCUT2D eigenvalue weighted by molar-refractivity contribution is 0.00578. The SMILES string of the molecule is CC1(C)OB(c2ccccc2C=CCNC(=O)OCc2ccccc2)OC1(C)C. The molecule has 152 valence electrons. The van der Waals surface area contributed by atoms with Crippen LogP contribution < -0.4 is 10.8 Å². The number of hydrogen-bond acceptors (Lipinski definition) is 4. The zero-order valence-electron chi connectivity index (χ0n) is 17.5. The summed E-state index contributed by atoms with van der Waals surface area (Å²) in [7, 11) is -0.426. The van der Waals surface area contributed by atoms with Crippen LogP contribution >= 0.6 is 0 Å². The molecule has 1 saturated heterocycles. The van der Waals surface area contributed by atoms with Gasteiger partial charge < -0.3 is 19.4 Å². The lowest BCUT2D eigenvalue weighted by Gasteiger charge is -2.32. The van der Waals surface area contributed by atoms with Gasteiger partial charge in [-0.2, -0.15) is 0 Å². The molecule has 1 N–H and O–H groups in total. The second-order valence-corrected chi connectivity index (χ2v) is 8.06. The van der Waals surface area contributed by atoms with Crippen molar-refractivity contribution in [1.82, 2.24) is 5.32 Å². The molecule has 3 rings (SSSR count). The molecule has 0 unspecified atom stereocenters. The Morgan fingerprint density at radius 3 is 2.31 bits per heavy atom. The fourth-order valence-corrected chi connectivity index (χ4v) is 2.95. The van der Waals surface area contributed by atoms with Crippen molar-refractivity contribution in [3.63, 3.8) is 0 Å². The van der Waals surface area contributed by atoms with Crippen molar-refractivity contribution in [2.24, 2.45) is 0 Å². The van der Waals surface area contributed by atoms with Crippen LogP contribution in [0.3, 0.4) is 0 Å². The predicted octanol–water partition coefficient (Wildman–Crippen LogP) is 3.93. The molecular formula is C23H28BNO4. The van der Waals surface area contributed by atoms with Crippen molar-refractivity contribution in [3.05, 3.63) is 71.8 Å². The number of rotatable bonds is 6. The Hall–Kier alpha value is -2.57. The molecule has 5 nitrogen and oxygen atoms in total. The van der Waals surface area contributed by atoms with E-state index >= 15 is 0 Å². The Kier molecular flexibility index (Phi) is 6.45. The van der Waals surface area contributed by atoms with Gasteiger partial charge in [0.2, 0.25) is 0 Å². The summed E-state index contributed by atoms with van der Waals surface area (Å²) in [6.07, 6.45) is 3.39. The topological polar surface area (TPSA) is 56.8 Å². The number of alkyl carbamates (subject to hydrolysis) is 1. The summed E-state index contributed by atoms with van der Waals surface area (Å²) < 4.78 is 17.5. The number of carbonyl (C=O) groups is 1. The van der Waals surface area contributed by atoms with E-state index in [4.69, 9.17) is 14.0 Å². The molecule has 0 radical (unpaired) electrons. The van der Waals surface area contributed by atoms with Crippen LogP contribution in [-0.4, -0.2) is 31.0 Å². The molecule has 0 atom stereocenters. The lowest BCUT2D eigenvalue weighted by Crippen LogP contribution is -2.41. The highest BCUT2D eigenvalue weighted by Gasteiger charge is 2.52. The van der Waals surface area contributed by atoms with Crippen LogP contribution in [0.4, 0.5) is 4.79 Å². The Balaban J connectivity index is 1.54. The van der Waals surface area contributed by atoms with E-state index in [0.29, 0.717) is 6.54 Å². The molecule has 2 aromatic rings. The Labute approximate surface area is 173 Å². The quantitative estimate of drug-likeness (QED) is 0.756. The highest BCUT2D eigenvalue weighted by Crippen LogP contribution is 2.36. The summed E-state index contributed by atoms with van der Waals surface area (Å²) in [5.41, 5.74) is 2.13. The van der Waals surface area contributed by atoms with Crippen molar-refractivity contribution in [2.45, 2.75) is 45.5 Å². The van der Waals surface area contributed by atoms with E-state index in [0.717, 1.165) is 16.6 Å². The van der Waals surface area contributed by atoms with E-state index in [2.05, 4.69) is 5.32 Å². The van der Waals surface area contributed by atoms with Gasteiger partial charge in [0, 0.05) is 6.54 Å². The minimum atomic E-state index is -0.447. The molecule has 6 heteroatoms. The van der Waals surface area contributed by atoms with Crippen molar-refractivity contribution < 1.29 is 18.8 Å². The summed E-state index contributed by atoms with van der Waals surface area (Å²) >= 11 is 0. The molecule has 1 heterocycles. The molecule has 1 amide bonds. The molecule has 1 aliphatic rings. The standard InChI is InChI=1S/C23H28BNO4/c1-22(2)23(3,4)29-24(28-22)20-15-9-8-13-19(20)14-10-16-25-21(26)27-17-18-11-6-5-7-12-18/h5-15H,16-17H2,1-4H3,(H,25,26). The number of ether oxygens (including phenoxy) is 1. The number of nitrogens with one attached hydrogen (secondary N) is 1. The van der Waals surface area contributed by atoms with Crippen LogP contribution in [0, 0.1) is 0 Å². The predicted molar refractivity (Wildman–Crippen MR) is 116 cm³/mol. The van der Waals surface area contributed by atoms with Gasteiger partial charge in [0.15, 0.2) is 0 Å². The molecule has 2 aromatic carbocycles. The van der Waals surface area contributed by atoms with E-state index in [-0.39, 0.29) is 6.61 Å². The Bertz CT molecular complexity index is 848. The van der Waals surface area contributed by atoms with Crippen LogP contribution in [0.1, 0.15) is 38.8 Å². The number of benzene rings is 2. The first-order valence-corrected chi connectivity index (χ1v) is 9.84. The van der Waals surface area contributed by atoms with E-state index in [1.165, 1.54) is 0 Å². The number of hydrogen-bond donors (Lipinski definition) is 1. The summed E-state index contributed by atoms with van der Waals surface area (Å²) in [5.74, 6) is 0. The van der Waals surface area contributed by atoms with Gasteiger partial charge >= 0.3 is 13.2 Å². The molecule has 0 saturated carbocycles. The van der Waals surface area contributed by atoms with Crippen molar-refractivity contribution in [1.29, 1.82) is 0 Å². The van der Waals surface area contributed by atoms with Gasteiger partial charge in [0.05, 0.1) is 11.2 Å². The van der Waals surface area contributed by atoms with Crippen LogP contribution in [0.25, 0.3) is 6.08 Å². The van der Waals surface area contributed by atoms with Crippen molar-refractivity contribution in [3.8, 4) is 0 Å². The first-order valence-electron chi connectivity index (χ1n) is 9.84. The third kappa shape index (κ3) is 5.28. The second kappa shape index (κ2) is 8.85. The minimum Gasteiger partial charge on any atom is -0.445 e. The molecule has 1 aliphatic heterocycles. The van der Waals surface area contributed by atoms with Gasteiger partial charge in [-0.3, -0.25) is 0 Å². The van der Waals surface area contributed by atoms with E-state index in [1.54, 1.807) is 0 Å². The highest BCUT2D eigenvalue weighted by molar-refractivity contribution is 6.63. The molecule has 0 aromatic heterocycles. The maximum Gasteiger partial charge on any atom is 0.495 e. The van der Waals surface area contributed by atoms with E-state index < -0.39 is 24.4 Å². The highest BCUT2D eigenvalue weighted by atomic mass is 16.7. The summed E-state index contributed by atoms with van der Waals surface area (Å²) in [6, 6.07) is 17.5. The molecule has 0 aliphatic carbocycles. The zero-order valence-corrected chi connectivity index (χ0v) is 17.5. The van der Waals surface area contributed by atoms with Gasteiger partial charge in [-0.1, -0.05) is 66.7 Å². The Morgan fingerprint density at radius 1 is 1.00 bits per heavy atom. The molecule has 29 heavy (non-hydrogen) atoms. The van der Waals surface area contributed by atoms with E-state index in [9.17, 15) is 4.79 Å². The third-order valence-electron chi connectivity index (χ3n) is 5.38. The van der Waals surface area contributed by atoms with Crippen molar-refractivity contribution >= 4 is 24.8 Å². The van der Waals surface area contributed by atoms with Crippen molar-refractivity contribution in [2.75, 3.05) is 6.54 Å². The maximum atomic E-state index is 11.8. The average molecular weight is 393 g/mol. The minimum absolute atomic E-state index is 0.251. The number of amides is 1. The first-order chi connectivity index (χ1) is 13.8. The molecule has 1 fully saturated rings. The van der Waals surface area contributed by atoms with Crippen LogP contribution in [0.5, 0.6) is 0 Å². The van der Waals surface area contributed by atoms with Gasteiger partial charge in [0.1, 0.15) is 6.61 Å². The molecule has 0 spiro atoms. The van der Waals surface area contributed by atoms with Gasteiger partial charge in [-0.15, -0.1) is 0 Å². The van der Waals surface area contributed by atoms with E-state index in [1.807, 2.05) is 94.4 Å². The maximum absolute atomic E-state index is 11.8. The first kappa shape index (κ1) is 21.2. The van der Waals surface area contributed by atoms with Crippen LogP contribution in [0.2, 0.25) is 0 Å². The van der Waals surface area contributed by atoms with Crippen LogP contribution in [0.15, 0.2) is 60.7 Å². The molecule has 0 bridgehead atoms. The summed E-state index contributed by atoms with van der Waals surface area (Å²) in [6.45, 7) is 8.77. The lowest BCUT2D eigenvalue weighted by atomic mass is 9.76. The second-order valence-electron chi connectivity index (χ2n) is 8.06. The normalized spacial score (nSPS) is 17.4. The fraction of sp³-hybridized carbons (Fsp3) is 0.348. The van der Waals surface area contributed by atoms with Gasteiger partial charge in [-0.05, 0) is 44.3 Å². The summed E-state index contributed by atoms with van der Waals surface area (Å²) in [4.78, 5) is 11.8. The van der Waals surface area contributed by atoms with Crippen LogP contribution in [-0.2, 0) is 20.7 Å². The fourth-order valence-electron chi connectivity index (χ4n) is 2.95. The van der Waals surface area contributed by atoms with Gasteiger partial charge in [-0.25, -0.2) is 4.79 Å².